The van der Waals surface area contributed by atoms with E-state index < -0.39 is 6.04 Å². The molecule has 0 aliphatic carbocycles. The number of hydrogen-bond donors (Lipinski definition) is 1. The fourth-order valence-corrected chi connectivity index (χ4v) is 2.40. The molecule has 0 radical (unpaired) electrons. The standard InChI is InChI=1S/C19H23N3O2/c1-3-18(23)22(14-17-7-5-4-6-8-17)15(2)19(24)21-13-16-9-11-20-12-10-16/h4-12,15H,3,13-14H2,1-2H3,(H,21,24)/t15-/m1/s1. The van der Waals surface area contributed by atoms with Gasteiger partial charge in [-0.3, -0.25) is 14.6 Å². The second kappa shape index (κ2) is 8.82. The SMILES string of the molecule is CCC(=O)N(Cc1ccccc1)[C@H](C)C(=O)NCc1ccncc1. The third-order valence-electron chi connectivity index (χ3n) is 3.88. The number of carbonyl (C=O) groups is 2. The second-order valence-electron chi connectivity index (χ2n) is 5.61. The second-order valence-corrected chi connectivity index (χ2v) is 5.61. The maximum atomic E-state index is 12.4. The van der Waals surface area contributed by atoms with Crippen molar-refractivity contribution in [1.82, 2.24) is 15.2 Å². The molecule has 1 atom stereocenters. The van der Waals surface area contributed by atoms with Gasteiger partial charge in [-0.1, -0.05) is 37.3 Å². The van der Waals surface area contributed by atoms with Crippen LogP contribution in [0, 0.1) is 0 Å². The molecule has 1 N–H and O–H groups in total. The van der Waals surface area contributed by atoms with Gasteiger partial charge in [-0.05, 0) is 30.2 Å². The summed E-state index contributed by atoms with van der Waals surface area (Å²) in [6, 6.07) is 12.9. The van der Waals surface area contributed by atoms with Crippen LogP contribution in [0.25, 0.3) is 0 Å². The molecule has 1 aromatic heterocycles. The molecule has 2 aromatic rings. The van der Waals surface area contributed by atoms with Gasteiger partial charge >= 0.3 is 0 Å². The average Bonchev–Trinajstić information content (AvgIpc) is 2.64. The molecule has 5 heteroatoms. The first-order valence-corrected chi connectivity index (χ1v) is 8.11. The zero-order valence-electron chi connectivity index (χ0n) is 14.1. The van der Waals surface area contributed by atoms with Crippen LogP contribution >= 0.6 is 0 Å². The number of nitrogens with zero attached hydrogens (tertiary/aromatic N) is 2. The summed E-state index contributed by atoms with van der Waals surface area (Å²) in [6.07, 6.45) is 3.75. The van der Waals surface area contributed by atoms with Gasteiger partial charge in [0.2, 0.25) is 11.8 Å². The number of aromatic nitrogens is 1. The fraction of sp³-hybridized carbons (Fsp3) is 0.316. The van der Waals surface area contributed by atoms with Crippen molar-refractivity contribution < 1.29 is 9.59 Å². The van der Waals surface area contributed by atoms with Crippen molar-refractivity contribution in [1.29, 1.82) is 0 Å². The lowest BCUT2D eigenvalue weighted by atomic mass is 10.1. The third-order valence-corrected chi connectivity index (χ3v) is 3.88. The number of amides is 2. The molecule has 0 aliphatic rings. The van der Waals surface area contributed by atoms with Crippen LogP contribution in [0.15, 0.2) is 54.9 Å². The van der Waals surface area contributed by atoms with Crippen molar-refractivity contribution >= 4 is 11.8 Å². The first-order valence-electron chi connectivity index (χ1n) is 8.11. The maximum Gasteiger partial charge on any atom is 0.242 e. The summed E-state index contributed by atoms with van der Waals surface area (Å²) in [5.74, 6) is -0.199. The summed E-state index contributed by atoms with van der Waals surface area (Å²) in [7, 11) is 0. The van der Waals surface area contributed by atoms with Crippen LogP contribution in [0.5, 0.6) is 0 Å². The molecule has 0 unspecified atom stereocenters. The molecule has 0 fully saturated rings. The Labute approximate surface area is 142 Å². The van der Waals surface area contributed by atoms with E-state index in [1.807, 2.05) is 49.4 Å². The molecule has 1 heterocycles. The number of carbonyl (C=O) groups excluding carboxylic acids is 2. The van der Waals surface area contributed by atoms with Crippen LogP contribution in [0.1, 0.15) is 31.4 Å². The Morgan fingerprint density at radius 2 is 1.75 bits per heavy atom. The van der Waals surface area contributed by atoms with Gasteiger partial charge in [-0.15, -0.1) is 0 Å². The van der Waals surface area contributed by atoms with Crippen molar-refractivity contribution in [2.75, 3.05) is 0 Å². The minimum Gasteiger partial charge on any atom is -0.350 e. The van der Waals surface area contributed by atoms with Gasteiger partial charge < -0.3 is 10.2 Å². The molecular formula is C19H23N3O2. The van der Waals surface area contributed by atoms with Crippen molar-refractivity contribution in [2.24, 2.45) is 0 Å². The van der Waals surface area contributed by atoms with Crippen molar-refractivity contribution in [3.63, 3.8) is 0 Å². The van der Waals surface area contributed by atoms with E-state index in [-0.39, 0.29) is 11.8 Å². The molecule has 2 amide bonds. The maximum absolute atomic E-state index is 12.4. The first kappa shape index (κ1) is 17.7. The minimum atomic E-state index is -0.528. The Morgan fingerprint density at radius 1 is 1.08 bits per heavy atom. The number of rotatable bonds is 7. The minimum absolute atomic E-state index is 0.0367. The Bertz CT molecular complexity index is 659. The molecule has 0 saturated heterocycles. The molecule has 5 nitrogen and oxygen atoms in total. The highest BCUT2D eigenvalue weighted by molar-refractivity contribution is 5.87. The summed E-state index contributed by atoms with van der Waals surface area (Å²) in [4.78, 5) is 30.3. The smallest absolute Gasteiger partial charge is 0.242 e. The van der Waals surface area contributed by atoms with Crippen molar-refractivity contribution in [2.45, 2.75) is 39.4 Å². The van der Waals surface area contributed by atoms with Gasteiger partial charge in [0.25, 0.3) is 0 Å². The summed E-state index contributed by atoms with van der Waals surface area (Å²) in [5.41, 5.74) is 1.98. The van der Waals surface area contributed by atoms with E-state index in [0.717, 1.165) is 11.1 Å². The molecule has 24 heavy (non-hydrogen) atoms. The summed E-state index contributed by atoms with van der Waals surface area (Å²) in [6.45, 7) is 4.42. The monoisotopic (exact) mass is 325 g/mol. The van der Waals surface area contributed by atoms with Gasteiger partial charge in [-0.25, -0.2) is 0 Å². The number of pyridine rings is 1. The Hall–Kier alpha value is -2.69. The lowest BCUT2D eigenvalue weighted by Crippen LogP contribution is -2.47. The summed E-state index contributed by atoms with van der Waals surface area (Å²) >= 11 is 0. The highest BCUT2D eigenvalue weighted by Crippen LogP contribution is 2.11. The molecule has 126 valence electrons. The quantitative estimate of drug-likeness (QED) is 0.851. The predicted molar refractivity (Wildman–Crippen MR) is 92.8 cm³/mol. The molecule has 0 bridgehead atoms. The summed E-state index contributed by atoms with van der Waals surface area (Å²) in [5, 5.41) is 2.88. The summed E-state index contributed by atoms with van der Waals surface area (Å²) < 4.78 is 0. The number of benzene rings is 1. The first-order chi connectivity index (χ1) is 11.6. The lowest BCUT2D eigenvalue weighted by Gasteiger charge is -2.28. The van der Waals surface area contributed by atoms with E-state index in [0.29, 0.717) is 19.5 Å². The van der Waals surface area contributed by atoms with Crippen LogP contribution in [0.2, 0.25) is 0 Å². The van der Waals surface area contributed by atoms with E-state index in [1.54, 1.807) is 24.2 Å². The molecule has 0 aliphatic heterocycles. The Kier molecular flexibility index (Phi) is 6.49. The van der Waals surface area contributed by atoms with E-state index in [1.165, 1.54) is 0 Å². The molecular weight excluding hydrogens is 302 g/mol. The zero-order chi connectivity index (χ0) is 17.4. The van der Waals surface area contributed by atoms with E-state index >= 15 is 0 Å². The van der Waals surface area contributed by atoms with E-state index in [2.05, 4.69) is 10.3 Å². The van der Waals surface area contributed by atoms with Gasteiger partial charge in [0.05, 0.1) is 0 Å². The number of hydrogen-bond acceptors (Lipinski definition) is 3. The van der Waals surface area contributed by atoms with Crippen LogP contribution in [0.3, 0.4) is 0 Å². The lowest BCUT2D eigenvalue weighted by molar-refractivity contribution is -0.140. The van der Waals surface area contributed by atoms with Crippen LogP contribution in [-0.4, -0.2) is 27.7 Å². The van der Waals surface area contributed by atoms with Gasteiger partial charge in [0.1, 0.15) is 6.04 Å². The third kappa shape index (κ3) is 4.91. The molecule has 2 rings (SSSR count). The van der Waals surface area contributed by atoms with Gasteiger partial charge in [0, 0.05) is 31.9 Å². The van der Waals surface area contributed by atoms with Crippen LogP contribution in [-0.2, 0) is 22.7 Å². The Morgan fingerprint density at radius 3 is 2.38 bits per heavy atom. The van der Waals surface area contributed by atoms with Crippen molar-refractivity contribution in [3.8, 4) is 0 Å². The number of nitrogens with one attached hydrogen (secondary N) is 1. The predicted octanol–water partition coefficient (Wildman–Crippen LogP) is 2.53. The van der Waals surface area contributed by atoms with Crippen LogP contribution < -0.4 is 5.32 Å². The van der Waals surface area contributed by atoms with Gasteiger partial charge in [0.15, 0.2) is 0 Å². The van der Waals surface area contributed by atoms with Gasteiger partial charge in [-0.2, -0.15) is 0 Å². The topological polar surface area (TPSA) is 62.3 Å². The van der Waals surface area contributed by atoms with E-state index in [4.69, 9.17) is 0 Å². The normalized spacial score (nSPS) is 11.6. The largest absolute Gasteiger partial charge is 0.350 e. The highest BCUT2D eigenvalue weighted by Gasteiger charge is 2.24. The molecule has 0 saturated carbocycles. The molecule has 1 aromatic carbocycles. The fourth-order valence-electron chi connectivity index (χ4n) is 2.40. The van der Waals surface area contributed by atoms with Crippen LogP contribution in [0.4, 0.5) is 0 Å². The Balaban J connectivity index is 2.02. The average molecular weight is 325 g/mol. The van der Waals surface area contributed by atoms with E-state index in [9.17, 15) is 9.59 Å². The molecule has 0 spiro atoms. The zero-order valence-corrected chi connectivity index (χ0v) is 14.1. The highest BCUT2D eigenvalue weighted by atomic mass is 16.2. The van der Waals surface area contributed by atoms with Crippen molar-refractivity contribution in [3.05, 3.63) is 66.0 Å².